The van der Waals surface area contributed by atoms with Crippen LogP contribution in [0.1, 0.15) is 35.6 Å². The maximum Gasteiger partial charge on any atom is 0.508 e. The Morgan fingerprint density at radius 3 is 2.43 bits per heavy atom. The second-order valence-electron chi connectivity index (χ2n) is 6.44. The summed E-state index contributed by atoms with van der Waals surface area (Å²) in [6.07, 6.45) is 0.974. The van der Waals surface area contributed by atoms with Crippen LogP contribution in [0.2, 0.25) is 0 Å². The van der Waals surface area contributed by atoms with Gasteiger partial charge in [-0.05, 0) is 30.5 Å². The molecule has 8 heteroatoms. The van der Waals surface area contributed by atoms with Crippen molar-refractivity contribution in [1.29, 1.82) is 0 Å². The molecule has 0 aliphatic carbocycles. The summed E-state index contributed by atoms with van der Waals surface area (Å²) in [6.45, 7) is 3.82. The number of carbonyl (C=O) groups excluding carboxylic acids is 1. The molecule has 8 nitrogen and oxygen atoms in total. The van der Waals surface area contributed by atoms with Crippen LogP contribution >= 0.6 is 0 Å². The number of ether oxygens (including phenoxy) is 4. The summed E-state index contributed by atoms with van der Waals surface area (Å²) in [5.74, 6) is 0.669. The lowest BCUT2D eigenvalue weighted by atomic mass is 10.0. The van der Waals surface area contributed by atoms with Gasteiger partial charge in [-0.15, -0.1) is 0 Å². The molecule has 1 aliphatic rings. The van der Waals surface area contributed by atoms with Crippen LogP contribution in [0.25, 0.3) is 0 Å². The Labute approximate surface area is 162 Å². The van der Waals surface area contributed by atoms with E-state index in [-0.39, 0.29) is 31.3 Å². The van der Waals surface area contributed by atoms with Gasteiger partial charge in [0.15, 0.2) is 11.5 Å². The maximum absolute atomic E-state index is 12.0. The molecule has 148 valence electrons. The number of benzene rings is 2. The highest BCUT2D eigenvalue weighted by atomic mass is 16.7. The number of hydrogen-bond donors (Lipinski definition) is 0. The molecule has 0 unspecified atom stereocenters. The first kappa shape index (κ1) is 19.5. The summed E-state index contributed by atoms with van der Waals surface area (Å²) in [6, 6.07) is 8.72. The van der Waals surface area contributed by atoms with E-state index in [2.05, 4.69) is 6.92 Å². The fourth-order valence-corrected chi connectivity index (χ4v) is 2.98. The van der Waals surface area contributed by atoms with Crippen molar-refractivity contribution in [1.82, 2.24) is 0 Å². The molecule has 1 aliphatic heterocycles. The molecule has 0 fully saturated rings. The molecular weight excluding hydrogens is 366 g/mol. The van der Waals surface area contributed by atoms with Gasteiger partial charge in [-0.1, -0.05) is 37.1 Å². The first-order valence-electron chi connectivity index (χ1n) is 8.92. The molecule has 3 rings (SSSR count). The van der Waals surface area contributed by atoms with Gasteiger partial charge >= 0.3 is 6.16 Å². The van der Waals surface area contributed by atoms with Gasteiger partial charge in [-0.25, -0.2) is 4.79 Å². The molecule has 2 aromatic rings. The van der Waals surface area contributed by atoms with Gasteiger partial charge in [0.05, 0.1) is 16.6 Å². The minimum Gasteiger partial charge on any atom is -0.454 e. The van der Waals surface area contributed by atoms with Crippen molar-refractivity contribution in [3.05, 3.63) is 62.7 Å². The highest BCUT2D eigenvalue weighted by Crippen LogP contribution is 2.38. The molecule has 28 heavy (non-hydrogen) atoms. The standard InChI is InChI=1S/C20H21NO7/c1-3-4-14-6-5-13(2)7-15(14)10-25-20(22)26-11-16-8-18-19(28-12-27-18)9-17(16)21(23)24/h5-9H,3-4,10-12H2,1-2H3. The first-order valence-corrected chi connectivity index (χ1v) is 8.92. The number of hydrogen-bond acceptors (Lipinski definition) is 7. The van der Waals surface area contributed by atoms with E-state index in [1.165, 1.54) is 12.1 Å². The van der Waals surface area contributed by atoms with Crippen LogP contribution in [0.4, 0.5) is 10.5 Å². The van der Waals surface area contributed by atoms with E-state index in [1.807, 2.05) is 25.1 Å². The van der Waals surface area contributed by atoms with Crippen molar-refractivity contribution in [2.24, 2.45) is 0 Å². The average Bonchev–Trinajstić information content (AvgIpc) is 3.13. The Balaban J connectivity index is 1.62. The van der Waals surface area contributed by atoms with Crippen LogP contribution in [0.3, 0.4) is 0 Å². The minimum atomic E-state index is -0.893. The van der Waals surface area contributed by atoms with Crippen LogP contribution in [0, 0.1) is 17.0 Å². The third-order valence-corrected chi connectivity index (χ3v) is 4.34. The van der Waals surface area contributed by atoms with E-state index >= 15 is 0 Å². The summed E-state index contributed by atoms with van der Waals surface area (Å²) in [7, 11) is 0. The summed E-state index contributed by atoms with van der Waals surface area (Å²) in [5, 5.41) is 11.2. The highest BCUT2D eigenvalue weighted by molar-refractivity contribution is 5.61. The van der Waals surface area contributed by atoms with Crippen LogP contribution in [0.15, 0.2) is 30.3 Å². The largest absolute Gasteiger partial charge is 0.508 e. The summed E-state index contributed by atoms with van der Waals surface area (Å²) in [4.78, 5) is 22.7. The van der Waals surface area contributed by atoms with Crippen LogP contribution in [-0.4, -0.2) is 17.9 Å². The van der Waals surface area contributed by atoms with Gasteiger partial charge in [-0.3, -0.25) is 10.1 Å². The third-order valence-electron chi connectivity index (χ3n) is 4.34. The molecule has 2 aromatic carbocycles. The average molecular weight is 387 g/mol. The maximum atomic E-state index is 12.0. The highest BCUT2D eigenvalue weighted by Gasteiger charge is 2.24. The SMILES string of the molecule is CCCc1ccc(C)cc1COC(=O)OCc1cc2c(cc1[N+](=O)[O-])OCO2. The lowest BCUT2D eigenvalue weighted by molar-refractivity contribution is -0.385. The monoisotopic (exact) mass is 387 g/mol. The molecule has 1 heterocycles. The number of nitrogens with zero attached hydrogens (tertiary/aromatic N) is 1. The Kier molecular flexibility index (Phi) is 5.98. The zero-order valence-corrected chi connectivity index (χ0v) is 15.7. The van der Waals surface area contributed by atoms with Gasteiger partial charge in [-0.2, -0.15) is 0 Å². The summed E-state index contributed by atoms with van der Waals surface area (Å²) >= 11 is 0. The molecule has 0 atom stereocenters. The normalized spacial score (nSPS) is 11.9. The summed E-state index contributed by atoms with van der Waals surface area (Å²) < 4.78 is 20.6. The zero-order chi connectivity index (χ0) is 20.1. The van der Waals surface area contributed by atoms with E-state index in [0.29, 0.717) is 11.5 Å². The second-order valence-corrected chi connectivity index (χ2v) is 6.44. The number of carbonyl (C=O) groups is 1. The Morgan fingerprint density at radius 2 is 1.75 bits per heavy atom. The van der Waals surface area contributed by atoms with Crippen molar-refractivity contribution in [2.45, 2.75) is 39.9 Å². The fraction of sp³-hybridized carbons (Fsp3) is 0.350. The van der Waals surface area contributed by atoms with E-state index in [1.54, 1.807) is 0 Å². The molecule has 0 amide bonds. The molecule has 0 bridgehead atoms. The molecule has 0 saturated heterocycles. The van der Waals surface area contributed by atoms with E-state index < -0.39 is 11.1 Å². The lowest BCUT2D eigenvalue weighted by Gasteiger charge is -2.11. The van der Waals surface area contributed by atoms with Gasteiger partial charge < -0.3 is 18.9 Å². The van der Waals surface area contributed by atoms with Crippen molar-refractivity contribution < 1.29 is 28.7 Å². The quantitative estimate of drug-likeness (QED) is 0.393. The summed E-state index contributed by atoms with van der Waals surface area (Å²) in [5.41, 5.74) is 3.11. The Hall–Kier alpha value is -3.29. The number of nitro benzene ring substituents is 1. The molecule has 0 spiro atoms. The third kappa shape index (κ3) is 4.51. The number of rotatable bonds is 7. The molecule has 0 radical (unpaired) electrons. The molecule has 0 N–H and O–H groups in total. The van der Waals surface area contributed by atoms with Gasteiger partial charge in [0.25, 0.3) is 5.69 Å². The van der Waals surface area contributed by atoms with Crippen LogP contribution < -0.4 is 9.47 Å². The Morgan fingerprint density at radius 1 is 1.07 bits per heavy atom. The number of aryl methyl sites for hydroxylation is 2. The van der Waals surface area contributed by atoms with Crippen molar-refractivity contribution >= 4 is 11.8 Å². The predicted octanol–water partition coefficient (Wildman–Crippen LogP) is 4.44. The smallest absolute Gasteiger partial charge is 0.454 e. The van der Waals surface area contributed by atoms with Gasteiger partial charge in [0.2, 0.25) is 6.79 Å². The molecular formula is C20H21NO7. The number of fused-ring (bicyclic) bond motifs is 1. The van der Waals surface area contributed by atoms with Crippen LogP contribution in [-0.2, 0) is 29.1 Å². The van der Waals surface area contributed by atoms with E-state index in [0.717, 1.165) is 29.5 Å². The second kappa shape index (κ2) is 8.60. The molecule has 0 saturated carbocycles. The minimum absolute atomic E-state index is 0.00454. The zero-order valence-electron chi connectivity index (χ0n) is 15.7. The fourth-order valence-electron chi connectivity index (χ4n) is 2.98. The predicted molar refractivity (Wildman–Crippen MR) is 99.4 cm³/mol. The van der Waals surface area contributed by atoms with Gasteiger partial charge in [0, 0.05) is 0 Å². The van der Waals surface area contributed by atoms with E-state index in [9.17, 15) is 14.9 Å². The molecule has 0 aromatic heterocycles. The van der Waals surface area contributed by atoms with E-state index in [4.69, 9.17) is 18.9 Å². The van der Waals surface area contributed by atoms with Gasteiger partial charge in [0.1, 0.15) is 13.2 Å². The number of nitro groups is 1. The Bertz CT molecular complexity index is 894. The topological polar surface area (TPSA) is 97.1 Å². The first-order chi connectivity index (χ1) is 13.5. The van der Waals surface area contributed by atoms with Crippen molar-refractivity contribution in [3.8, 4) is 11.5 Å². The van der Waals surface area contributed by atoms with Crippen molar-refractivity contribution in [3.63, 3.8) is 0 Å². The van der Waals surface area contributed by atoms with Crippen LogP contribution in [0.5, 0.6) is 11.5 Å². The van der Waals surface area contributed by atoms with Crippen molar-refractivity contribution in [2.75, 3.05) is 6.79 Å². The lowest BCUT2D eigenvalue weighted by Crippen LogP contribution is -2.09.